The summed E-state index contributed by atoms with van der Waals surface area (Å²) in [5.74, 6) is -1.64. The lowest BCUT2D eigenvalue weighted by molar-refractivity contribution is -0.266. The lowest BCUT2D eigenvalue weighted by Crippen LogP contribution is -2.54. The predicted molar refractivity (Wildman–Crippen MR) is 115 cm³/mol. The van der Waals surface area contributed by atoms with Crippen molar-refractivity contribution in [2.45, 2.75) is 97.4 Å². The minimum Gasteiger partial charge on any atom is -0.463 e. The van der Waals surface area contributed by atoms with Crippen LogP contribution in [0.1, 0.15) is 67.2 Å². The molecule has 1 aliphatic rings. The number of ether oxygens (including phenoxy) is 6. The number of nitrogens with one attached hydrogen (secondary N) is 1. The molecule has 1 saturated heterocycles. The van der Waals surface area contributed by atoms with E-state index < -0.39 is 54.2 Å². The topological polar surface area (TPSA) is 136 Å². The summed E-state index contributed by atoms with van der Waals surface area (Å²) >= 11 is 0. The van der Waals surface area contributed by atoms with Crippen molar-refractivity contribution in [1.29, 1.82) is 0 Å². The molecule has 0 aromatic carbocycles. The van der Waals surface area contributed by atoms with Gasteiger partial charge in [0.05, 0.1) is 0 Å². The van der Waals surface area contributed by atoms with Crippen LogP contribution in [0.5, 0.6) is 0 Å². The van der Waals surface area contributed by atoms with E-state index in [1.807, 2.05) is 0 Å². The van der Waals surface area contributed by atoms with Gasteiger partial charge >= 0.3 is 24.0 Å². The van der Waals surface area contributed by atoms with E-state index in [9.17, 15) is 19.2 Å². The molecule has 1 heterocycles. The fraction of sp³-hybridized carbons (Fsp3) is 0.818. The van der Waals surface area contributed by atoms with Crippen molar-refractivity contribution >= 4 is 24.0 Å². The Bertz CT molecular complexity index is 660. The highest BCUT2D eigenvalue weighted by atomic mass is 16.7. The summed E-state index contributed by atoms with van der Waals surface area (Å²) in [6.45, 7) is 9.80. The van der Waals surface area contributed by atoms with Gasteiger partial charge in [0.1, 0.15) is 24.4 Å². The lowest BCUT2D eigenvalue weighted by atomic mass is 10.0. The van der Waals surface area contributed by atoms with Gasteiger partial charge in [-0.25, -0.2) is 4.79 Å². The van der Waals surface area contributed by atoms with Crippen LogP contribution >= 0.6 is 0 Å². The van der Waals surface area contributed by atoms with Crippen molar-refractivity contribution in [3.63, 3.8) is 0 Å². The molecule has 1 fully saturated rings. The third-order valence-electron chi connectivity index (χ3n) is 4.35. The molecule has 1 rings (SSSR count). The molecule has 0 aromatic heterocycles. The van der Waals surface area contributed by atoms with Crippen LogP contribution in [0.4, 0.5) is 4.79 Å². The molecule has 0 aliphatic carbocycles. The molecule has 1 aliphatic heterocycles. The molecular formula is C22H37NO10. The molecule has 0 saturated carbocycles. The molecule has 1 N–H and O–H groups in total. The minimum absolute atomic E-state index is 0.161. The van der Waals surface area contributed by atoms with Crippen molar-refractivity contribution in [3.05, 3.63) is 0 Å². The Hall–Kier alpha value is -2.40. The second-order valence-corrected chi connectivity index (χ2v) is 8.72. The van der Waals surface area contributed by atoms with Gasteiger partial charge in [-0.1, -0.05) is 0 Å². The van der Waals surface area contributed by atoms with Crippen LogP contribution in [0.2, 0.25) is 0 Å². The van der Waals surface area contributed by atoms with Crippen molar-refractivity contribution in [2.24, 2.45) is 0 Å². The summed E-state index contributed by atoms with van der Waals surface area (Å²) in [7, 11) is 0. The van der Waals surface area contributed by atoms with E-state index in [0.29, 0.717) is 19.6 Å². The standard InChI is InChI=1S/C22H37NO10/c1-14(24)29-13-18-20(31-16(3)26)17(30-15(2)25)12-19(32-18)28-11-9-7-8-10-23-21(27)33-22(4,5)6/h17-20H,7-13H2,1-6H3,(H,23,27)/t17-,18-,19-,20-/m1/s1. The van der Waals surface area contributed by atoms with Crippen molar-refractivity contribution in [1.82, 2.24) is 5.32 Å². The van der Waals surface area contributed by atoms with Crippen LogP contribution in [0.15, 0.2) is 0 Å². The number of alkyl carbamates (subject to hydrolysis) is 1. The Labute approximate surface area is 194 Å². The zero-order valence-electron chi connectivity index (χ0n) is 20.3. The smallest absolute Gasteiger partial charge is 0.407 e. The first-order valence-corrected chi connectivity index (χ1v) is 11.1. The van der Waals surface area contributed by atoms with Gasteiger partial charge in [0.2, 0.25) is 0 Å². The van der Waals surface area contributed by atoms with E-state index in [0.717, 1.165) is 12.8 Å². The maximum atomic E-state index is 11.6. The Morgan fingerprint density at radius 1 is 0.939 bits per heavy atom. The fourth-order valence-electron chi connectivity index (χ4n) is 3.13. The van der Waals surface area contributed by atoms with Gasteiger partial charge in [0, 0.05) is 40.3 Å². The third-order valence-corrected chi connectivity index (χ3v) is 4.35. The van der Waals surface area contributed by atoms with Gasteiger partial charge in [-0.3, -0.25) is 14.4 Å². The van der Waals surface area contributed by atoms with E-state index in [4.69, 9.17) is 28.4 Å². The zero-order chi connectivity index (χ0) is 25.0. The number of carbonyl (C=O) groups excluding carboxylic acids is 4. The lowest BCUT2D eigenvalue weighted by Gasteiger charge is -2.39. The normalized spacial score (nSPS) is 22.7. The fourth-order valence-corrected chi connectivity index (χ4v) is 3.13. The van der Waals surface area contributed by atoms with E-state index in [-0.39, 0.29) is 13.0 Å². The van der Waals surface area contributed by atoms with Gasteiger partial charge in [-0.2, -0.15) is 0 Å². The molecule has 11 nitrogen and oxygen atoms in total. The largest absolute Gasteiger partial charge is 0.463 e. The van der Waals surface area contributed by atoms with Crippen LogP contribution in [-0.2, 0) is 42.8 Å². The second-order valence-electron chi connectivity index (χ2n) is 8.72. The van der Waals surface area contributed by atoms with Gasteiger partial charge in [-0.05, 0) is 40.0 Å². The van der Waals surface area contributed by atoms with Crippen molar-refractivity contribution in [2.75, 3.05) is 19.8 Å². The molecule has 190 valence electrons. The van der Waals surface area contributed by atoms with Gasteiger partial charge < -0.3 is 33.7 Å². The number of esters is 3. The molecule has 4 atom stereocenters. The average Bonchev–Trinajstić information content (AvgIpc) is 2.65. The molecule has 0 bridgehead atoms. The maximum Gasteiger partial charge on any atom is 0.407 e. The summed E-state index contributed by atoms with van der Waals surface area (Å²) in [6.07, 6.45) is -1.36. The number of unbranched alkanes of at least 4 members (excludes halogenated alkanes) is 2. The molecule has 0 radical (unpaired) electrons. The van der Waals surface area contributed by atoms with Crippen LogP contribution in [-0.4, -0.2) is 74.0 Å². The van der Waals surface area contributed by atoms with E-state index in [1.165, 1.54) is 20.8 Å². The Kier molecular flexibility index (Phi) is 12.1. The average molecular weight is 476 g/mol. The van der Waals surface area contributed by atoms with Crippen LogP contribution in [0.3, 0.4) is 0 Å². The highest BCUT2D eigenvalue weighted by molar-refractivity contribution is 5.68. The summed E-state index contributed by atoms with van der Waals surface area (Å²) in [4.78, 5) is 45.9. The van der Waals surface area contributed by atoms with Gasteiger partial charge in [-0.15, -0.1) is 0 Å². The quantitative estimate of drug-likeness (QED) is 0.269. The maximum absolute atomic E-state index is 11.6. The summed E-state index contributed by atoms with van der Waals surface area (Å²) in [6, 6.07) is 0. The molecule has 0 unspecified atom stereocenters. The van der Waals surface area contributed by atoms with Crippen LogP contribution in [0.25, 0.3) is 0 Å². The van der Waals surface area contributed by atoms with Gasteiger partial charge in [0.25, 0.3) is 0 Å². The van der Waals surface area contributed by atoms with Crippen molar-refractivity contribution in [3.8, 4) is 0 Å². The van der Waals surface area contributed by atoms with Gasteiger partial charge in [0.15, 0.2) is 12.4 Å². The number of carbonyl (C=O) groups is 4. The van der Waals surface area contributed by atoms with E-state index in [2.05, 4.69) is 5.32 Å². The highest BCUT2D eigenvalue weighted by Crippen LogP contribution is 2.27. The minimum atomic E-state index is -0.926. The second kappa shape index (κ2) is 14.0. The zero-order valence-corrected chi connectivity index (χ0v) is 20.3. The number of rotatable bonds is 11. The van der Waals surface area contributed by atoms with Crippen LogP contribution in [0, 0.1) is 0 Å². The monoisotopic (exact) mass is 475 g/mol. The molecule has 33 heavy (non-hydrogen) atoms. The van der Waals surface area contributed by atoms with E-state index >= 15 is 0 Å². The summed E-state index contributed by atoms with van der Waals surface area (Å²) < 4.78 is 32.4. The predicted octanol–water partition coefficient (Wildman–Crippen LogP) is 2.24. The van der Waals surface area contributed by atoms with Crippen molar-refractivity contribution < 1.29 is 47.6 Å². The third kappa shape index (κ3) is 13.0. The van der Waals surface area contributed by atoms with Crippen LogP contribution < -0.4 is 5.32 Å². The molecular weight excluding hydrogens is 438 g/mol. The first-order chi connectivity index (χ1) is 15.4. The molecule has 1 amide bonds. The Morgan fingerprint density at radius 2 is 1.61 bits per heavy atom. The summed E-state index contributed by atoms with van der Waals surface area (Å²) in [5.41, 5.74) is -0.538. The summed E-state index contributed by atoms with van der Waals surface area (Å²) in [5, 5.41) is 2.69. The first kappa shape index (κ1) is 28.6. The molecule has 0 aromatic rings. The molecule has 11 heteroatoms. The SMILES string of the molecule is CC(=O)OC[C@H]1O[C@@H](OCCCCCNC(=O)OC(C)(C)C)C[C@@H](OC(C)=O)[C@H]1OC(C)=O. The first-order valence-electron chi connectivity index (χ1n) is 11.1. The number of hydrogen-bond donors (Lipinski definition) is 1. The number of amides is 1. The Morgan fingerprint density at radius 3 is 2.18 bits per heavy atom. The van der Waals surface area contributed by atoms with E-state index in [1.54, 1.807) is 20.8 Å². The Balaban J connectivity index is 2.50. The highest BCUT2D eigenvalue weighted by Gasteiger charge is 2.44. The molecule has 0 spiro atoms. The number of hydrogen-bond acceptors (Lipinski definition) is 10.